The first kappa shape index (κ1) is 13.6. The molecule has 0 aromatic carbocycles. The van der Waals surface area contributed by atoms with Gasteiger partial charge in [-0.05, 0) is 25.3 Å². The maximum atomic E-state index is 5.70. The van der Waals surface area contributed by atoms with Crippen molar-refractivity contribution in [1.29, 1.82) is 0 Å². The minimum atomic E-state index is 0.282. The molecule has 2 rings (SSSR count). The second-order valence-corrected chi connectivity index (χ2v) is 5.39. The van der Waals surface area contributed by atoms with Crippen molar-refractivity contribution >= 4 is 28.9 Å². The molecule has 1 unspecified atom stereocenters. The minimum Gasteiger partial charge on any atom is -0.370 e. The number of thiophene rings is 1. The van der Waals surface area contributed by atoms with E-state index < -0.39 is 0 Å². The molecule has 2 aromatic rings. The van der Waals surface area contributed by atoms with E-state index in [4.69, 9.17) is 5.73 Å². The van der Waals surface area contributed by atoms with Crippen LogP contribution >= 0.6 is 11.3 Å². The quantitative estimate of drug-likeness (QED) is 0.756. The normalized spacial score (nSPS) is 12.1. The van der Waals surface area contributed by atoms with Gasteiger partial charge in [-0.2, -0.15) is 9.97 Å². The van der Waals surface area contributed by atoms with Crippen LogP contribution in [0.4, 0.5) is 17.6 Å². The fourth-order valence-corrected chi connectivity index (χ4v) is 2.68. The molecular weight excluding hydrogens is 258 g/mol. The summed E-state index contributed by atoms with van der Waals surface area (Å²) in [5.74, 6) is 1.79. The summed E-state index contributed by atoms with van der Waals surface area (Å²) in [4.78, 5) is 9.68. The van der Waals surface area contributed by atoms with E-state index in [1.54, 1.807) is 11.3 Å². The Morgan fingerprint density at radius 2 is 2.16 bits per heavy atom. The molecule has 0 aliphatic heterocycles. The highest BCUT2D eigenvalue weighted by atomic mass is 32.1. The third kappa shape index (κ3) is 4.10. The lowest BCUT2D eigenvalue weighted by atomic mass is 10.2. The fourth-order valence-electron chi connectivity index (χ4n) is 1.85. The molecular formula is C13H19N5S. The second-order valence-electron chi connectivity index (χ2n) is 4.36. The summed E-state index contributed by atoms with van der Waals surface area (Å²) in [6.07, 6.45) is 0.970. The summed E-state index contributed by atoms with van der Waals surface area (Å²) in [5, 5.41) is 8.59. The Kier molecular flexibility index (Phi) is 4.57. The lowest BCUT2D eigenvalue weighted by Gasteiger charge is -2.14. The number of nitrogens with zero attached hydrogens (tertiary/aromatic N) is 2. The highest BCUT2D eigenvalue weighted by Gasteiger charge is 2.07. The highest BCUT2D eigenvalue weighted by Crippen LogP contribution is 2.16. The molecule has 0 radical (unpaired) electrons. The average molecular weight is 277 g/mol. The first-order valence-electron chi connectivity index (χ1n) is 6.34. The van der Waals surface area contributed by atoms with E-state index in [-0.39, 0.29) is 5.95 Å². The van der Waals surface area contributed by atoms with E-state index in [9.17, 15) is 0 Å². The molecule has 0 saturated heterocycles. The molecule has 6 heteroatoms. The van der Waals surface area contributed by atoms with Crippen molar-refractivity contribution in [2.45, 2.75) is 26.3 Å². The molecule has 0 aliphatic carbocycles. The van der Waals surface area contributed by atoms with Crippen LogP contribution < -0.4 is 16.4 Å². The summed E-state index contributed by atoms with van der Waals surface area (Å²) >= 11 is 1.77. The number of aromatic nitrogens is 2. The smallest absolute Gasteiger partial charge is 0.223 e. The summed E-state index contributed by atoms with van der Waals surface area (Å²) in [6.45, 7) is 4.95. The maximum Gasteiger partial charge on any atom is 0.223 e. The molecule has 0 aliphatic rings. The van der Waals surface area contributed by atoms with E-state index >= 15 is 0 Å². The zero-order valence-electron chi connectivity index (χ0n) is 11.2. The van der Waals surface area contributed by atoms with Crippen LogP contribution in [0.25, 0.3) is 0 Å². The van der Waals surface area contributed by atoms with Crippen LogP contribution in [-0.4, -0.2) is 22.6 Å². The Hall–Kier alpha value is -1.82. The Morgan fingerprint density at radius 1 is 1.37 bits per heavy atom. The number of nitrogen functional groups attached to an aromatic ring is 1. The van der Waals surface area contributed by atoms with Gasteiger partial charge in [0.15, 0.2) is 0 Å². The fraction of sp³-hybridized carbons (Fsp3) is 0.385. The van der Waals surface area contributed by atoms with E-state index in [1.165, 1.54) is 4.88 Å². The number of hydrogen-bond acceptors (Lipinski definition) is 6. The molecule has 0 saturated carbocycles. The van der Waals surface area contributed by atoms with Crippen LogP contribution in [0, 0.1) is 0 Å². The third-order valence-corrected chi connectivity index (χ3v) is 3.48. The van der Waals surface area contributed by atoms with Crippen molar-refractivity contribution in [3.05, 3.63) is 28.5 Å². The molecule has 1 atom stereocenters. The number of hydrogen-bond donors (Lipinski definition) is 3. The Balaban J connectivity index is 2.01. The van der Waals surface area contributed by atoms with Gasteiger partial charge in [-0.1, -0.05) is 6.07 Å². The van der Waals surface area contributed by atoms with Crippen molar-refractivity contribution in [3.8, 4) is 0 Å². The summed E-state index contributed by atoms with van der Waals surface area (Å²) in [5.41, 5.74) is 5.70. The summed E-state index contributed by atoms with van der Waals surface area (Å²) in [7, 11) is 0. The molecule has 0 fully saturated rings. The predicted molar refractivity (Wildman–Crippen MR) is 81.7 cm³/mol. The standard InChI is InChI=1S/C13H19N5S/c1-3-15-11-8-12(18-13(14)17-11)16-9(2)7-10-5-4-6-19-10/h4-6,8-9H,3,7H2,1-2H3,(H4,14,15,16,17,18). The molecule has 0 amide bonds. The lowest BCUT2D eigenvalue weighted by molar-refractivity contribution is 0.794. The molecule has 4 N–H and O–H groups in total. The Labute approximate surface area is 117 Å². The van der Waals surface area contributed by atoms with Crippen molar-refractivity contribution < 1.29 is 0 Å². The van der Waals surface area contributed by atoms with Crippen LogP contribution in [0.1, 0.15) is 18.7 Å². The van der Waals surface area contributed by atoms with Gasteiger partial charge in [0.05, 0.1) is 0 Å². The van der Waals surface area contributed by atoms with Gasteiger partial charge in [0, 0.05) is 30.0 Å². The van der Waals surface area contributed by atoms with Crippen molar-refractivity contribution in [2.75, 3.05) is 22.9 Å². The zero-order chi connectivity index (χ0) is 13.7. The van der Waals surface area contributed by atoms with Crippen LogP contribution in [0.15, 0.2) is 23.6 Å². The number of rotatable bonds is 6. The van der Waals surface area contributed by atoms with E-state index in [0.29, 0.717) is 6.04 Å². The van der Waals surface area contributed by atoms with Gasteiger partial charge in [-0.25, -0.2) is 0 Å². The average Bonchev–Trinajstić information content (AvgIpc) is 2.81. The van der Waals surface area contributed by atoms with E-state index in [1.807, 2.05) is 13.0 Å². The minimum absolute atomic E-state index is 0.282. The van der Waals surface area contributed by atoms with Gasteiger partial charge in [0.2, 0.25) is 5.95 Å². The molecule has 2 aromatic heterocycles. The Morgan fingerprint density at radius 3 is 2.84 bits per heavy atom. The second kappa shape index (κ2) is 6.38. The number of nitrogens with two attached hydrogens (primary N) is 1. The lowest BCUT2D eigenvalue weighted by Crippen LogP contribution is -2.19. The molecule has 102 valence electrons. The summed E-state index contributed by atoms with van der Waals surface area (Å²) in [6, 6.07) is 6.38. The zero-order valence-corrected chi connectivity index (χ0v) is 12.0. The van der Waals surface area contributed by atoms with E-state index in [0.717, 1.165) is 24.6 Å². The van der Waals surface area contributed by atoms with Crippen LogP contribution in [0.3, 0.4) is 0 Å². The van der Waals surface area contributed by atoms with Gasteiger partial charge in [-0.15, -0.1) is 11.3 Å². The molecule has 5 nitrogen and oxygen atoms in total. The van der Waals surface area contributed by atoms with Crippen LogP contribution in [0.5, 0.6) is 0 Å². The van der Waals surface area contributed by atoms with Crippen molar-refractivity contribution in [3.63, 3.8) is 0 Å². The SMILES string of the molecule is CCNc1cc(NC(C)Cc2cccs2)nc(N)n1. The first-order chi connectivity index (χ1) is 9.17. The van der Waals surface area contributed by atoms with Gasteiger partial charge in [0.25, 0.3) is 0 Å². The first-order valence-corrected chi connectivity index (χ1v) is 7.22. The maximum absolute atomic E-state index is 5.70. The number of nitrogens with one attached hydrogen (secondary N) is 2. The van der Waals surface area contributed by atoms with Gasteiger partial charge in [0.1, 0.15) is 11.6 Å². The largest absolute Gasteiger partial charge is 0.370 e. The topological polar surface area (TPSA) is 75.9 Å². The van der Waals surface area contributed by atoms with Crippen molar-refractivity contribution in [1.82, 2.24) is 9.97 Å². The monoisotopic (exact) mass is 277 g/mol. The van der Waals surface area contributed by atoms with Gasteiger partial charge >= 0.3 is 0 Å². The van der Waals surface area contributed by atoms with E-state index in [2.05, 4.69) is 45.0 Å². The van der Waals surface area contributed by atoms with Gasteiger partial charge in [-0.3, -0.25) is 0 Å². The number of anilines is 3. The van der Waals surface area contributed by atoms with Crippen LogP contribution in [-0.2, 0) is 6.42 Å². The third-order valence-electron chi connectivity index (χ3n) is 2.58. The van der Waals surface area contributed by atoms with Gasteiger partial charge < -0.3 is 16.4 Å². The molecule has 0 spiro atoms. The Bertz CT molecular complexity index is 512. The predicted octanol–water partition coefficient (Wildman–Crippen LogP) is 2.60. The highest BCUT2D eigenvalue weighted by molar-refractivity contribution is 7.09. The summed E-state index contributed by atoms with van der Waals surface area (Å²) < 4.78 is 0. The molecule has 2 heterocycles. The van der Waals surface area contributed by atoms with Crippen LogP contribution in [0.2, 0.25) is 0 Å². The molecule has 19 heavy (non-hydrogen) atoms. The van der Waals surface area contributed by atoms with Crippen molar-refractivity contribution in [2.24, 2.45) is 0 Å². The molecule has 0 bridgehead atoms.